The monoisotopic (exact) mass is 266 g/mol. The van der Waals surface area contributed by atoms with Gasteiger partial charge in [-0.2, -0.15) is 0 Å². The molecule has 1 aromatic rings. The van der Waals surface area contributed by atoms with Crippen LogP contribution < -0.4 is 5.32 Å². The molecule has 0 bridgehead atoms. The molecule has 1 aliphatic carbocycles. The maximum atomic E-state index is 4.46. The first-order chi connectivity index (χ1) is 8.79. The van der Waals surface area contributed by atoms with Crippen molar-refractivity contribution in [2.45, 2.75) is 58.4 Å². The van der Waals surface area contributed by atoms with Gasteiger partial charge in [0, 0.05) is 24.0 Å². The third-order valence-corrected chi connectivity index (χ3v) is 4.88. The number of nitrogens with one attached hydrogen (secondary N) is 1. The van der Waals surface area contributed by atoms with Gasteiger partial charge in [0.25, 0.3) is 0 Å². The van der Waals surface area contributed by atoms with Crippen molar-refractivity contribution >= 4 is 11.3 Å². The molecule has 0 radical (unpaired) electrons. The Hall–Kier alpha value is -0.410. The zero-order valence-corrected chi connectivity index (χ0v) is 12.5. The highest BCUT2D eigenvalue weighted by molar-refractivity contribution is 7.09. The first kappa shape index (κ1) is 14.0. The van der Waals surface area contributed by atoms with Gasteiger partial charge in [-0.25, -0.2) is 4.98 Å². The molecule has 3 unspecified atom stereocenters. The van der Waals surface area contributed by atoms with Crippen LogP contribution in [0.2, 0.25) is 0 Å². The van der Waals surface area contributed by atoms with Crippen molar-refractivity contribution in [3.63, 3.8) is 0 Å². The summed E-state index contributed by atoms with van der Waals surface area (Å²) in [6.45, 7) is 5.80. The lowest BCUT2D eigenvalue weighted by molar-refractivity contribution is 0.221. The fraction of sp³-hybridized carbons (Fsp3) is 0.800. The van der Waals surface area contributed by atoms with Crippen LogP contribution in [0.25, 0.3) is 0 Å². The van der Waals surface area contributed by atoms with E-state index >= 15 is 0 Å². The van der Waals surface area contributed by atoms with Crippen molar-refractivity contribution in [3.05, 3.63) is 16.6 Å². The van der Waals surface area contributed by atoms with E-state index in [0.717, 1.165) is 24.8 Å². The van der Waals surface area contributed by atoms with E-state index < -0.39 is 0 Å². The summed E-state index contributed by atoms with van der Waals surface area (Å²) in [6.07, 6.45) is 9.90. The van der Waals surface area contributed by atoms with E-state index in [0.29, 0.717) is 6.04 Å². The summed E-state index contributed by atoms with van der Waals surface area (Å²) in [6, 6.07) is 0.638. The van der Waals surface area contributed by atoms with Gasteiger partial charge >= 0.3 is 0 Å². The van der Waals surface area contributed by atoms with Crippen LogP contribution in [0.4, 0.5) is 0 Å². The van der Waals surface area contributed by atoms with Crippen molar-refractivity contribution < 1.29 is 0 Å². The summed E-state index contributed by atoms with van der Waals surface area (Å²) >= 11 is 1.80. The van der Waals surface area contributed by atoms with E-state index in [-0.39, 0.29) is 0 Å². The van der Waals surface area contributed by atoms with Crippen molar-refractivity contribution in [1.82, 2.24) is 10.3 Å². The maximum Gasteiger partial charge on any atom is 0.0940 e. The minimum absolute atomic E-state index is 0.638. The van der Waals surface area contributed by atoms with Crippen molar-refractivity contribution in [2.24, 2.45) is 11.8 Å². The molecule has 1 aliphatic rings. The lowest BCUT2D eigenvalue weighted by Crippen LogP contribution is -2.40. The molecule has 0 aromatic carbocycles. The van der Waals surface area contributed by atoms with Crippen molar-refractivity contribution in [2.75, 3.05) is 6.54 Å². The predicted octanol–water partition coefficient (Wildman–Crippen LogP) is 3.88. The molecule has 3 heteroatoms. The Labute approximate surface area is 115 Å². The number of rotatable bonds is 6. The number of thiazole rings is 1. The molecule has 1 fully saturated rings. The highest BCUT2D eigenvalue weighted by Crippen LogP contribution is 2.32. The maximum absolute atomic E-state index is 4.46. The number of aromatic nitrogens is 1. The Balaban J connectivity index is 1.94. The van der Waals surface area contributed by atoms with Crippen LogP contribution in [0.5, 0.6) is 0 Å². The average molecular weight is 266 g/mol. The Bertz CT molecular complexity index is 323. The quantitative estimate of drug-likeness (QED) is 0.845. The van der Waals surface area contributed by atoms with Crippen LogP contribution >= 0.6 is 11.3 Å². The van der Waals surface area contributed by atoms with Gasteiger partial charge in [0.2, 0.25) is 0 Å². The Morgan fingerprint density at radius 2 is 2.39 bits per heavy atom. The van der Waals surface area contributed by atoms with Gasteiger partial charge in [0.05, 0.1) is 5.01 Å². The summed E-state index contributed by atoms with van der Waals surface area (Å²) < 4.78 is 0. The SMILES string of the molecule is CCCNC(Cc1nccs1)C1CCCC(C)C1. The van der Waals surface area contributed by atoms with E-state index in [1.807, 2.05) is 6.20 Å². The van der Waals surface area contributed by atoms with Crippen molar-refractivity contribution in [3.8, 4) is 0 Å². The fourth-order valence-electron chi connectivity index (χ4n) is 3.12. The summed E-state index contributed by atoms with van der Waals surface area (Å²) in [5.41, 5.74) is 0. The number of hydrogen-bond donors (Lipinski definition) is 1. The standard InChI is InChI=1S/C15H26N2S/c1-3-7-16-14(11-15-17-8-9-18-15)13-6-4-5-12(2)10-13/h8-9,12-14,16H,3-7,10-11H2,1-2H3. The fourth-order valence-corrected chi connectivity index (χ4v) is 3.80. The first-order valence-corrected chi connectivity index (χ1v) is 8.29. The normalized spacial score (nSPS) is 26.1. The van der Waals surface area contributed by atoms with Crippen LogP contribution in [0.15, 0.2) is 11.6 Å². The summed E-state index contributed by atoms with van der Waals surface area (Å²) in [5, 5.41) is 7.15. The van der Waals surface area contributed by atoms with Crippen LogP contribution in [-0.2, 0) is 6.42 Å². The predicted molar refractivity (Wildman–Crippen MR) is 79.0 cm³/mol. The van der Waals surface area contributed by atoms with E-state index in [2.05, 4.69) is 29.5 Å². The second-order valence-corrected chi connectivity index (χ2v) is 6.70. The molecule has 18 heavy (non-hydrogen) atoms. The highest BCUT2D eigenvalue weighted by Gasteiger charge is 2.26. The molecule has 1 heterocycles. The molecule has 1 aromatic heterocycles. The zero-order chi connectivity index (χ0) is 12.8. The molecule has 2 rings (SSSR count). The molecular weight excluding hydrogens is 240 g/mol. The number of hydrogen-bond acceptors (Lipinski definition) is 3. The minimum atomic E-state index is 0.638. The van der Waals surface area contributed by atoms with Crippen LogP contribution in [0, 0.1) is 11.8 Å². The van der Waals surface area contributed by atoms with Gasteiger partial charge in [-0.15, -0.1) is 11.3 Å². The molecule has 3 atom stereocenters. The van der Waals surface area contributed by atoms with Gasteiger partial charge < -0.3 is 5.32 Å². The van der Waals surface area contributed by atoms with Gasteiger partial charge in [-0.05, 0) is 37.6 Å². The lowest BCUT2D eigenvalue weighted by Gasteiger charge is -2.33. The van der Waals surface area contributed by atoms with Crippen molar-refractivity contribution in [1.29, 1.82) is 0 Å². The second-order valence-electron chi connectivity index (χ2n) is 5.72. The minimum Gasteiger partial charge on any atom is -0.313 e. The molecule has 0 spiro atoms. The topological polar surface area (TPSA) is 24.9 Å². The Morgan fingerprint density at radius 3 is 3.06 bits per heavy atom. The Morgan fingerprint density at radius 1 is 1.50 bits per heavy atom. The third kappa shape index (κ3) is 4.06. The highest BCUT2D eigenvalue weighted by atomic mass is 32.1. The second kappa shape index (κ2) is 7.25. The van der Waals surface area contributed by atoms with Gasteiger partial charge in [-0.3, -0.25) is 0 Å². The molecule has 0 aliphatic heterocycles. The lowest BCUT2D eigenvalue weighted by atomic mass is 9.78. The summed E-state index contributed by atoms with van der Waals surface area (Å²) in [7, 11) is 0. The average Bonchev–Trinajstić information content (AvgIpc) is 2.87. The zero-order valence-electron chi connectivity index (χ0n) is 11.7. The number of nitrogens with zero attached hydrogens (tertiary/aromatic N) is 1. The van der Waals surface area contributed by atoms with E-state index in [4.69, 9.17) is 0 Å². The van der Waals surface area contributed by atoms with Gasteiger partial charge in [0.15, 0.2) is 0 Å². The van der Waals surface area contributed by atoms with Gasteiger partial charge in [-0.1, -0.05) is 26.7 Å². The van der Waals surface area contributed by atoms with Crippen LogP contribution in [-0.4, -0.2) is 17.6 Å². The Kier molecular flexibility index (Phi) is 5.64. The molecule has 0 amide bonds. The largest absolute Gasteiger partial charge is 0.313 e. The molecule has 102 valence electrons. The molecular formula is C15H26N2S. The summed E-state index contributed by atoms with van der Waals surface area (Å²) in [5.74, 6) is 1.76. The molecule has 0 saturated heterocycles. The van der Waals surface area contributed by atoms with E-state index in [1.54, 1.807) is 11.3 Å². The van der Waals surface area contributed by atoms with Crippen LogP contribution in [0.1, 0.15) is 51.0 Å². The van der Waals surface area contributed by atoms with E-state index in [9.17, 15) is 0 Å². The van der Waals surface area contributed by atoms with Crippen LogP contribution in [0.3, 0.4) is 0 Å². The first-order valence-electron chi connectivity index (χ1n) is 7.41. The van der Waals surface area contributed by atoms with Gasteiger partial charge in [0.1, 0.15) is 0 Å². The summed E-state index contributed by atoms with van der Waals surface area (Å²) in [4.78, 5) is 4.46. The molecule has 1 N–H and O–H groups in total. The van der Waals surface area contributed by atoms with E-state index in [1.165, 1.54) is 37.1 Å². The smallest absolute Gasteiger partial charge is 0.0940 e. The third-order valence-electron chi connectivity index (χ3n) is 4.08. The molecule has 2 nitrogen and oxygen atoms in total. The molecule has 1 saturated carbocycles.